The molecule has 0 saturated carbocycles. The number of carbonyl (C=O) groups excluding carboxylic acids is 1. The Labute approximate surface area is 308 Å². The molecule has 0 atom stereocenters. The summed E-state index contributed by atoms with van der Waals surface area (Å²) in [6.45, 7) is 13.3. The maximum Gasteiger partial charge on any atom is 0.227 e. The lowest BCUT2D eigenvalue weighted by molar-refractivity contribution is 0.112. The van der Waals surface area contributed by atoms with Gasteiger partial charge in [-0.3, -0.25) is 4.79 Å². The van der Waals surface area contributed by atoms with Gasteiger partial charge in [0.1, 0.15) is 5.58 Å². The Morgan fingerprint density at radius 3 is 1.41 bits per heavy atom. The third kappa shape index (κ3) is 7.24. The van der Waals surface area contributed by atoms with Gasteiger partial charge in [0.05, 0.1) is 21.4 Å². The van der Waals surface area contributed by atoms with Crippen LogP contribution >= 0.6 is 15.9 Å². The van der Waals surface area contributed by atoms with Crippen LogP contribution in [-0.2, 0) is 10.8 Å². The summed E-state index contributed by atoms with van der Waals surface area (Å²) < 4.78 is 12.8. The van der Waals surface area contributed by atoms with E-state index in [9.17, 15) is 4.79 Å². The first-order chi connectivity index (χ1) is 23.4. The Bertz CT molecular complexity index is 2480. The summed E-state index contributed by atoms with van der Waals surface area (Å²) in [5.74, 6) is 0. The molecule has 0 fully saturated rings. The number of carbonyl (C=O) groups is 1. The molecule has 0 N–H and O–H groups in total. The van der Waals surface area contributed by atoms with Gasteiger partial charge in [-0.15, -0.1) is 0 Å². The van der Waals surface area contributed by atoms with Crippen molar-refractivity contribution in [1.82, 2.24) is 9.97 Å². The van der Waals surface area contributed by atoms with Crippen LogP contribution in [0.25, 0.3) is 66.7 Å². The van der Waals surface area contributed by atoms with Crippen molar-refractivity contribution in [3.05, 3.63) is 130 Å². The molecular weight excluding hydrogens is 696 g/mol. The van der Waals surface area contributed by atoms with E-state index >= 15 is 0 Å². The van der Waals surface area contributed by atoms with Crippen molar-refractivity contribution in [2.75, 3.05) is 0 Å². The van der Waals surface area contributed by atoms with Gasteiger partial charge in [0.2, 0.25) is 11.4 Å². The lowest BCUT2D eigenvalue weighted by Gasteiger charge is -2.19. The van der Waals surface area contributed by atoms with Crippen molar-refractivity contribution in [3.8, 4) is 22.5 Å². The maximum absolute atomic E-state index is 11.2. The topological polar surface area (TPSA) is 69.1 Å². The second-order valence-corrected chi connectivity index (χ2v) is 15.3. The molecule has 0 aliphatic carbocycles. The normalized spacial score (nSPS) is 11.6. The van der Waals surface area contributed by atoms with E-state index < -0.39 is 0 Å². The molecule has 8 aromatic rings. The highest BCUT2D eigenvalue weighted by Gasteiger charge is 2.17. The van der Waals surface area contributed by atoms with Crippen LogP contribution in [-0.4, -0.2) is 16.3 Å². The molecule has 0 saturated heterocycles. The number of furan rings is 2. The van der Waals surface area contributed by atoms with Gasteiger partial charge in [-0.25, -0.2) is 9.97 Å². The molecule has 51 heavy (non-hydrogen) atoms. The monoisotopic (exact) mass is 740 g/mol. The van der Waals surface area contributed by atoms with Gasteiger partial charge < -0.3 is 8.83 Å². The first-order valence-electron chi connectivity index (χ1n) is 16.4. The summed E-state index contributed by atoms with van der Waals surface area (Å²) in [5, 5.41) is 3.97. The number of hydrogen-bond acceptors (Lipinski definition) is 5. The summed E-state index contributed by atoms with van der Waals surface area (Å²) >= 11 is 3.54. The van der Waals surface area contributed by atoms with E-state index in [2.05, 4.69) is 129 Å². The third-order valence-electron chi connectivity index (χ3n) is 8.93. The minimum atomic E-state index is 0. The lowest BCUT2D eigenvalue weighted by Crippen LogP contribution is -2.10. The largest absolute Gasteiger partial charge is 0.437 e. The molecule has 0 radical (unpaired) electrons. The molecule has 260 valence electrons. The van der Waals surface area contributed by atoms with Crippen molar-refractivity contribution in [2.24, 2.45) is 0 Å². The summed E-state index contributed by atoms with van der Waals surface area (Å²) in [4.78, 5) is 20.6. The fourth-order valence-corrected chi connectivity index (χ4v) is 6.49. The molecule has 4 heterocycles. The van der Waals surface area contributed by atoms with Crippen LogP contribution in [0.3, 0.4) is 0 Å². The standard InChI is InChI=1S/C22H19NO2.C21H18BrNO.2CH4/c1-22(2,3)16-9-7-14(8-10-16)19-12-11-18-17-6-4-5-15(13-24)20(17)25-21(18)23-19;1-21(2,3)14-9-7-13(8-10-14)18-12-11-16-15-5-4-6-17(22)19(15)24-20(16)23-18;;/h4-13H,1-3H3;4-12H,1-3H3;2*1H4. The summed E-state index contributed by atoms with van der Waals surface area (Å²) in [6, 6.07) is 36.9. The van der Waals surface area contributed by atoms with Crippen LogP contribution < -0.4 is 0 Å². The Kier molecular flexibility index (Phi) is 10.4. The Hall–Kier alpha value is -5.07. The Morgan fingerprint density at radius 1 is 0.529 bits per heavy atom. The zero-order valence-corrected chi connectivity index (χ0v) is 30.1. The molecule has 4 aromatic carbocycles. The Morgan fingerprint density at radius 2 is 0.961 bits per heavy atom. The molecule has 8 rings (SSSR count). The van der Waals surface area contributed by atoms with Gasteiger partial charge >= 0.3 is 0 Å². The van der Waals surface area contributed by atoms with Crippen molar-refractivity contribution in [1.29, 1.82) is 0 Å². The quantitative estimate of drug-likeness (QED) is 0.169. The fourth-order valence-electron chi connectivity index (χ4n) is 6.04. The second-order valence-electron chi connectivity index (χ2n) is 14.4. The van der Waals surface area contributed by atoms with Crippen LogP contribution in [0.4, 0.5) is 0 Å². The van der Waals surface area contributed by atoms with Gasteiger partial charge in [0.15, 0.2) is 11.9 Å². The van der Waals surface area contributed by atoms with E-state index in [4.69, 9.17) is 13.8 Å². The molecule has 0 amide bonds. The van der Waals surface area contributed by atoms with Crippen molar-refractivity contribution < 1.29 is 13.6 Å². The van der Waals surface area contributed by atoms with Gasteiger partial charge in [0.25, 0.3) is 0 Å². The molecule has 0 unspecified atom stereocenters. The van der Waals surface area contributed by atoms with E-state index in [1.165, 1.54) is 11.1 Å². The molecule has 0 aliphatic rings. The highest BCUT2D eigenvalue weighted by atomic mass is 79.9. The lowest BCUT2D eigenvalue weighted by atomic mass is 9.86. The smallest absolute Gasteiger partial charge is 0.227 e. The molecule has 0 spiro atoms. The van der Waals surface area contributed by atoms with E-state index in [0.29, 0.717) is 22.6 Å². The number of aldehydes is 1. The predicted octanol–water partition coefficient (Wildman–Crippen LogP) is 13.7. The minimum absolute atomic E-state index is 0. The van der Waals surface area contributed by atoms with E-state index in [1.54, 1.807) is 6.07 Å². The Balaban J connectivity index is 0.000000190. The molecule has 6 heteroatoms. The number of nitrogens with zero attached hydrogens (tertiary/aromatic N) is 2. The van der Waals surface area contributed by atoms with Crippen LogP contribution in [0.5, 0.6) is 0 Å². The SMILES string of the molecule is C.C.CC(C)(C)c1ccc(-c2ccc3c(n2)oc2c(Br)cccc23)cc1.CC(C)(C)c1ccc(-c2ccc3c(n2)oc2c(C=O)cccc23)cc1. The van der Waals surface area contributed by atoms with Crippen molar-refractivity contribution in [2.45, 2.75) is 67.2 Å². The van der Waals surface area contributed by atoms with Gasteiger partial charge in [-0.1, -0.05) is 129 Å². The first-order valence-corrected chi connectivity index (χ1v) is 17.2. The number of aromatic nitrogens is 2. The molecular formula is C45H45BrN2O3. The van der Waals surface area contributed by atoms with E-state index in [0.717, 1.165) is 60.4 Å². The molecule has 4 aromatic heterocycles. The average Bonchev–Trinajstić information content (AvgIpc) is 3.66. The van der Waals surface area contributed by atoms with Gasteiger partial charge in [-0.2, -0.15) is 0 Å². The highest BCUT2D eigenvalue weighted by molar-refractivity contribution is 9.10. The summed E-state index contributed by atoms with van der Waals surface area (Å²) in [5.41, 5.74) is 10.0. The maximum atomic E-state index is 11.2. The summed E-state index contributed by atoms with van der Waals surface area (Å²) in [7, 11) is 0. The minimum Gasteiger partial charge on any atom is -0.437 e. The number of benzene rings is 4. The zero-order chi connectivity index (χ0) is 34.5. The first kappa shape index (κ1) is 37.2. The number of halogens is 1. The number of fused-ring (bicyclic) bond motifs is 6. The summed E-state index contributed by atoms with van der Waals surface area (Å²) in [6.07, 6.45) is 0.816. The predicted molar refractivity (Wildman–Crippen MR) is 218 cm³/mol. The van der Waals surface area contributed by atoms with Crippen LogP contribution in [0.1, 0.15) is 77.9 Å². The fraction of sp³-hybridized carbons (Fsp3) is 0.222. The number of hydrogen-bond donors (Lipinski definition) is 0. The number of para-hydroxylation sites is 2. The second kappa shape index (κ2) is 14.3. The third-order valence-corrected chi connectivity index (χ3v) is 9.56. The van der Waals surface area contributed by atoms with E-state index in [-0.39, 0.29) is 25.7 Å². The molecule has 0 aliphatic heterocycles. The van der Waals surface area contributed by atoms with Gasteiger partial charge in [-0.05, 0) is 74.3 Å². The molecule has 0 bridgehead atoms. The van der Waals surface area contributed by atoms with Crippen molar-refractivity contribution >= 4 is 66.4 Å². The number of pyridine rings is 2. The van der Waals surface area contributed by atoms with Crippen LogP contribution in [0.2, 0.25) is 0 Å². The highest BCUT2D eigenvalue weighted by Crippen LogP contribution is 2.35. The van der Waals surface area contributed by atoms with Crippen molar-refractivity contribution in [3.63, 3.8) is 0 Å². The van der Waals surface area contributed by atoms with Crippen LogP contribution in [0.15, 0.2) is 123 Å². The average molecular weight is 742 g/mol. The molecule has 5 nitrogen and oxygen atoms in total. The van der Waals surface area contributed by atoms with Crippen LogP contribution in [0, 0.1) is 0 Å². The van der Waals surface area contributed by atoms with E-state index in [1.807, 2.05) is 36.4 Å². The zero-order valence-electron chi connectivity index (χ0n) is 28.5. The van der Waals surface area contributed by atoms with Gasteiger partial charge in [0, 0.05) is 32.7 Å². The number of rotatable bonds is 3.